The van der Waals surface area contributed by atoms with Gasteiger partial charge in [0, 0.05) is 16.9 Å². The highest BCUT2D eigenvalue weighted by Crippen LogP contribution is 2.55. The van der Waals surface area contributed by atoms with E-state index in [1.165, 1.54) is 54.9 Å². The third-order valence-electron chi connectivity index (χ3n) is 6.58. The van der Waals surface area contributed by atoms with Crippen molar-refractivity contribution < 1.29 is 5.11 Å². The predicted octanol–water partition coefficient (Wildman–Crippen LogP) is 5.04. The molecule has 3 aliphatic rings. The van der Waals surface area contributed by atoms with Crippen LogP contribution in [-0.4, -0.2) is 29.6 Å². The highest BCUT2D eigenvalue weighted by molar-refractivity contribution is 7.99. The Morgan fingerprint density at radius 2 is 1.76 bits per heavy atom. The Labute approximate surface area is 154 Å². The summed E-state index contributed by atoms with van der Waals surface area (Å²) in [6.45, 7) is 3.63. The van der Waals surface area contributed by atoms with E-state index in [0.29, 0.717) is 5.75 Å². The van der Waals surface area contributed by atoms with Crippen LogP contribution in [0.2, 0.25) is 0 Å². The van der Waals surface area contributed by atoms with Crippen molar-refractivity contribution >= 4 is 11.8 Å². The fourth-order valence-electron chi connectivity index (χ4n) is 4.91. The monoisotopic (exact) mass is 351 g/mol. The molecule has 1 spiro atoms. The summed E-state index contributed by atoms with van der Waals surface area (Å²) in [6.07, 6.45) is 6.61. The molecule has 1 saturated carbocycles. The van der Waals surface area contributed by atoms with Crippen LogP contribution in [0.15, 0.2) is 52.3 Å². The molecule has 1 saturated heterocycles. The lowest BCUT2D eigenvalue weighted by atomic mass is 9.67. The molecule has 25 heavy (non-hydrogen) atoms. The van der Waals surface area contributed by atoms with Gasteiger partial charge in [-0.05, 0) is 68.0 Å². The van der Waals surface area contributed by atoms with Crippen LogP contribution >= 0.6 is 11.8 Å². The quantitative estimate of drug-likeness (QED) is 0.820. The highest BCUT2D eigenvalue weighted by atomic mass is 32.2. The molecule has 5 rings (SSSR count). The summed E-state index contributed by atoms with van der Waals surface area (Å²) in [7, 11) is 0. The van der Waals surface area contributed by atoms with E-state index in [1.807, 2.05) is 12.1 Å². The predicted molar refractivity (Wildman–Crippen MR) is 102 cm³/mol. The highest BCUT2D eigenvalue weighted by Gasteiger charge is 2.44. The summed E-state index contributed by atoms with van der Waals surface area (Å²) in [5.74, 6) is 1.38. The maximum atomic E-state index is 10.5. The lowest BCUT2D eigenvalue weighted by molar-refractivity contribution is 0.126. The Hall–Kier alpha value is -1.45. The van der Waals surface area contributed by atoms with Crippen LogP contribution < -0.4 is 0 Å². The zero-order chi connectivity index (χ0) is 16.9. The van der Waals surface area contributed by atoms with Crippen molar-refractivity contribution in [3.05, 3.63) is 53.6 Å². The molecule has 130 valence electrons. The third kappa shape index (κ3) is 2.51. The molecule has 2 fully saturated rings. The van der Waals surface area contributed by atoms with Crippen LogP contribution in [0.3, 0.4) is 0 Å². The zero-order valence-corrected chi connectivity index (χ0v) is 15.4. The smallest absolute Gasteiger partial charge is 0.129 e. The van der Waals surface area contributed by atoms with Gasteiger partial charge >= 0.3 is 0 Å². The molecule has 2 aromatic carbocycles. The van der Waals surface area contributed by atoms with E-state index in [1.54, 1.807) is 11.8 Å². The van der Waals surface area contributed by atoms with E-state index in [9.17, 15) is 5.11 Å². The summed E-state index contributed by atoms with van der Waals surface area (Å²) >= 11 is 1.74. The van der Waals surface area contributed by atoms with Gasteiger partial charge in [0.15, 0.2) is 0 Å². The minimum Gasteiger partial charge on any atom is -0.507 e. The molecule has 0 radical (unpaired) electrons. The third-order valence-corrected chi connectivity index (χ3v) is 7.78. The number of nitrogens with zero attached hydrogens (tertiary/aromatic N) is 1. The molecule has 0 atom stereocenters. The molecular formula is C22H25NOS. The molecule has 0 amide bonds. The first-order valence-corrected chi connectivity index (χ1v) is 10.4. The second kappa shape index (κ2) is 6.07. The van der Waals surface area contributed by atoms with Crippen LogP contribution in [0, 0.1) is 5.92 Å². The molecular weight excluding hydrogens is 326 g/mol. The Bertz CT molecular complexity index is 790. The number of benzene rings is 2. The first kappa shape index (κ1) is 15.8. The number of rotatable bonds is 2. The molecule has 3 heteroatoms. The largest absolute Gasteiger partial charge is 0.507 e. The summed E-state index contributed by atoms with van der Waals surface area (Å²) < 4.78 is 0. The van der Waals surface area contributed by atoms with Gasteiger partial charge in [0.2, 0.25) is 0 Å². The van der Waals surface area contributed by atoms with Crippen LogP contribution in [0.4, 0.5) is 0 Å². The van der Waals surface area contributed by atoms with Gasteiger partial charge in [-0.15, -0.1) is 0 Å². The van der Waals surface area contributed by atoms with Crippen molar-refractivity contribution in [3.8, 4) is 5.75 Å². The molecule has 0 unspecified atom stereocenters. The summed E-state index contributed by atoms with van der Waals surface area (Å²) in [5.41, 5.74) is 2.90. The van der Waals surface area contributed by atoms with Crippen molar-refractivity contribution in [3.63, 3.8) is 0 Å². The van der Waals surface area contributed by atoms with Gasteiger partial charge in [-0.2, -0.15) is 0 Å². The van der Waals surface area contributed by atoms with E-state index >= 15 is 0 Å². The Kier molecular flexibility index (Phi) is 3.83. The molecule has 2 heterocycles. The van der Waals surface area contributed by atoms with Crippen molar-refractivity contribution in [2.24, 2.45) is 5.92 Å². The number of fused-ring (bicyclic) bond motifs is 4. The van der Waals surface area contributed by atoms with E-state index in [2.05, 4.69) is 35.2 Å². The number of aromatic hydroxyl groups is 1. The van der Waals surface area contributed by atoms with Gasteiger partial charge in [0.05, 0.1) is 4.90 Å². The Balaban J connectivity index is 1.51. The maximum Gasteiger partial charge on any atom is 0.129 e. The number of likely N-dealkylation sites (tertiary alicyclic amines) is 1. The van der Waals surface area contributed by atoms with Gasteiger partial charge in [-0.25, -0.2) is 0 Å². The van der Waals surface area contributed by atoms with E-state index in [-0.39, 0.29) is 5.41 Å². The second-order valence-corrected chi connectivity index (χ2v) is 8.98. The van der Waals surface area contributed by atoms with E-state index in [0.717, 1.165) is 23.7 Å². The van der Waals surface area contributed by atoms with Gasteiger partial charge in [0.1, 0.15) is 5.75 Å². The van der Waals surface area contributed by atoms with Gasteiger partial charge < -0.3 is 10.0 Å². The average molecular weight is 352 g/mol. The standard InChI is InChI=1S/C22H25NOS/c24-19-9-4-8-18-21(19)25-20-10-2-1-7-17(20)22(18)11-13-23(14-12-22)15-16-5-3-6-16/h1-2,4,7-10,16,24H,3,5-6,11-15H2. The van der Waals surface area contributed by atoms with Crippen LogP contribution in [0.25, 0.3) is 0 Å². The molecule has 1 aliphatic carbocycles. The van der Waals surface area contributed by atoms with Gasteiger partial charge in [-0.3, -0.25) is 0 Å². The fraction of sp³-hybridized carbons (Fsp3) is 0.455. The van der Waals surface area contributed by atoms with Crippen molar-refractivity contribution in [1.82, 2.24) is 4.90 Å². The number of hydrogen-bond donors (Lipinski definition) is 1. The van der Waals surface area contributed by atoms with Crippen molar-refractivity contribution in [2.75, 3.05) is 19.6 Å². The molecule has 2 aliphatic heterocycles. The lowest BCUT2D eigenvalue weighted by Gasteiger charge is -2.47. The summed E-state index contributed by atoms with van der Waals surface area (Å²) in [4.78, 5) is 5.08. The van der Waals surface area contributed by atoms with Crippen LogP contribution in [0.5, 0.6) is 5.75 Å². The van der Waals surface area contributed by atoms with Crippen LogP contribution in [-0.2, 0) is 5.41 Å². The minimum atomic E-state index is 0.0754. The second-order valence-electron chi connectivity index (χ2n) is 7.93. The molecule has 1 N–H and O–H groups in total. The number of phenols is 1. The number of phenolic OH excluding ortho intramolecular Hbond substituents is 1. The topological polar surface area (TPSA) is 23.5 Å². The molecule has 2 aromatic rings. The Morgan fingerprint density at radius 1 is 1.00 bits per heavy atom. The molecule has 0 aromatic heterocycles. The SMILES string of the molecule is Oc1cccc2c1Sc1ccccc1C21CCN(CC2CCC2)CC1. The first-order valence-electron chi connectivity index (χ1n) is 9.58. The normalized spacial score (nSPS) is 22.2. The van der Waals surface area contributed by atoms with Gasteiger partial charge in [0.25, 0.3) is 0 Å². The maximum absolute atomic E-state index is 10.5. The zero-order valence-electron chi connectivity index (χ0n) is 14.6. The van der Waals surface area contributed by atoms with E-state index < -0.39 is 0 Å². The minimum absolute atomic E-state index is 0.0754. The van der Waals surface area contributed by atoms with Crippen LogP contribution in [0.1, 0.15) is 43.2 Å². The molecule has 0 bridgehead atoms. The first-order chi connectivity index (χ1) is 12.3. The molecule has 2 nitrogen and oxygen atoms in total. The Morgan fingerprint density at radius 3 is 2.52 bits per heavy atom. The lowest BCUT2D eigenvalue weighted by Crippen LogP contribution is -2.46. The van der Waals surface area contributed by atoms with Crippen molar-refractivity contribution in [1.29, 1.82) is 0 Å². The number of piperidine rings is 1. The average Bonchev–Trinajstić information content (AvgIpc) is 2.61. The van der Waals surface area contributed by atoms with E-state index in [4.69, 9.17) is 0 Å². The summed E-state index contributed by atoms with van der Waals surface area (Å²) in [5, 5.41) is 10.5. The van der Waals surface area contributed by atoms with Crippen molar-refractivity contribution in [2.45, 2.75) is 47.3 Å². The fourth-order valence-corrected chi connectivity index (χ4v) is 6.20. The van der Waals surface area contributed by atoms with Gasteiger partial charge in [-0.1, -0.05) is 48.5 Å². The summed E-state index contributed by atoms with van der Waals surface area (Å²) in [6, 6.07) is 14.9. The number of hydrogen-bond acceptors (Lipinski definition) is 3.